The Morgan fingerprint density at radius 3 is 2.68 bits per heavy atom. The van der Waals surface area contributed by atoms with Gasteiger partial charge in [-0.1, -0.05) is 12.1 Å². The summed E-state index contributed by atoms with van der Waals surface area (Å²) in [6.45, 7) is 3.50. The second-order valence-corrected chi connectivity index (χ2v) is 5.36. The first-order chi connectivity index (χ1) is 9.10. The minimum absolute atomic E-state index is 0.174. The van der Waals surface area contributed by atoms with E-state index in [1.54, 1.807) is 12.1 Å². The van der Waals surface area contributed by atoms with E-state index in [1.807, 2.05) is 4.90 Å². The van der Waals surface area contributed by atoms with Gasteiger partial charge < -0.3 is 10.6 Å². The van der Waals surface area contributed by atoms with Gasteiger partial charge in [0.15, 0.2) is 0 Å². The van der Waals surface area contributed by atoms with Gasteiger partial charge in [0.1, 0.15) is 5.82 Å². The third kappa shape index (κ3) is 3.53. The maximum atomic E-state index is 12.8. The zero-order valence-corrected chi connectivity index (χ0v) is 11.3. The molecule has 0 aliphatic carbocycles. The summed E-state index contributed by atoms with van der Waals surface area (Å²) < 4.78 is 12.8. The molecule has 1 aromatic carbocycles. The second kappa shape index (κ2) is 6.15. The molecule has 0 spiro atoms. The van der Waals surface area contributed by atoms with Gasteiger partial charge in [0.2, 0.25) is 5.91 Å². The first-order valence-electron chi connectivity index (χ1n) is 6.84. The average molecular weight is 264 g/mol. The lowest BCUT2D eigenvalue weighted by Gasteiger charge is -2.21. The molecular weight excluding hydrogens is 243 g/mol. The summed E-state index contributed by atoms with van der Waals surface area (Å²) in [4.78, 5) is 14.1. The van der Waals surface area contributed by atoms with Crippen LogP contribution in [0.3, 0.4) is 0 Å². The molecule has 2 atom stereocenters. The number of hydrogen-bond acceptors (Lipinski definition) is 2. The lowest BCUT2D eigenvalue weighted by atomic mass is 10.1. The molecule has 2 unspecified atom stereocenters. The van der Waals surface area contributed by atoms with Crippen LogP contribution in [0.2, 0.25) is 0 Å². The van der Waals surface area contributed by atoms with Crippen molar-refractivity contribution in [3.63, 3.8) is 0 Å². The van der Waals surface area contributed by atoms with Crippen LogP contribution >= 0.6 is 0 Å². The molecule has 2 N–H and O–H groups in total. The Hall–Kier alpha value is -1.42. The predicted octanol–water partition coefficient (Wildman–Crippen LogP) is 1.95. The Bertz CT molecular complexity index is 432. The average Bonchev–Trinajstić information content (AvgIpc) is 2.79. The van der Waals surface area contributed by atoms with Crippen LogP contribution in [0.5, 0.6) is 0 Å². The van der Waals surface area contributed by atoms with Crippen LogP contribution in [0.1, 0.15) is 25.3 Å². The van der Waals surface area contributed by atoms with Crippen LogP contribution in [0, 0.1) is 11.7 Å². The molecule has 3 nitrogen and oxygen atoms in total. The van der Waals surface area contributed by atoms with Gasteiger partial charge in [0.25, 0.3) is 0 Å². The topological polar surface area (TPSA) is 46.3 Å². The van der Waals surface area contributed by atoms with E-state index in [0.717, 1.165) is 18.5 Å². The minimum atomic E-state index is -0.242. The number of nitrogens with two attached hydrogens (primary N) is 1. The molecular formula is C15H21FN2O. The van der Waals surface area contributed by atoms with Crippen LogP contribution in [-0.4, -0.2) is 29.9 Å². The number of rotatable bonds is 4. The minimum Gasteiger partial charge on any atom is -0.340 e. The highest BCUT2D eigenvalue weighted by molar-refractivity contribution is 5.77. The Morgan fingerprint density at radius 1 is 1.42 bits per heavy atom. The summed E-state index contributed by atoms with van der Waals surface area (Å²) in [7, 11) is 0. The van der Waals surface area contributed by atoms with Crippen molar-refractivity contribution in [2.75, 3.05) is 13.1 Å². The smallest absolute Gasteiger partial charge is 0.223 e. The van der Waals surface area contributed by atoms with Crippen molar-refractivity contribution < 1.29 is 9.18 Å². The van der Waals surface area contributed by atoms with Gasteiger partial charge in [-0.15, -0.1) is 0 Å². The van der Waals surface area contributed by atoms with Gasteiger partial charge in [-0.3, -0.25) is 4.79 Å². The Labute approximate surface area is 113 Å². The van der Waals surface area contributed by atoms with E-state index in [4.69, 9.17) is 5.73 Å². The zero-order chi connectivity index (χ0) is 13.8. The molecule has 2 rings (SSSR count). The van der Waals surface area contributed by atoms with Gasteiger partial charge in [-0.25, -0.2) is 4.39 Å². The molecule has 0 radical (unpaired) electrons. The molecule has 0 saturated carbocycles. The van der Waals surface area contributed by atoms with Crippen LogP contribution in [0.15, 0.2) is 24.3 Å². The number of carbonyl (C=O) groups is 1. The number of amides is 1. The predicted molar refractivity (Wildman–Crippen MR) is 73.1 cm³/mol. The number of nitrogens with zero attached hydrogens (tertiary/aromatic N) is 1. The van der Waals surface area contributed by atoms with Gasteiger partial charge in [-0.05, 0) is 49.9 Å². The summed E-state index contributed by atoms with van der Waals surface area (Å²) in [6.07, 6.45) is 2.14. The van der Waals surface area contributed by atoms with Gasteiger partial charge in [0, 0.05) is 19.0 Å². The van der Waals surface area contributed by atoms with E-state index < -0.39 is 0 Å². The number of hydrogen-bond donors (Lipinski definition) is 1. The third-order valence-corrected chi connectivity index (χ3v) is 3.86. The van der Waals surface area contributed by atoms with E-state index in [2.05, 4.69) is 6.92 Å². The Kier molecular flexibility index (Phi) is 4.53. The van der Waals surface area contributed by atoms with Gasteiger partial charge in [-0.2, -0.15) is 0 Å². The molecule has 104 valence electrons. The fourth-order valence-electron chi connectivity index (χ4n) is 2.71. The lowest BCUT2D eigenvalue weighted by molar-refractivity contribution is -0.131. The lowest BCUT2D eigenvalue weighted by Crippen LogP contribution is -2.34. The monoisotopic (exact) mass is 264 g/mol. The highest BCUT2D eigenvalue weighted by Crippen LogP contribution is 2.23. The van der Waals surface area contributed by atoms with E-state index in [9.17, 15) is 9.18 Å². The molecule has 19 heavy (non-hydrogen) atoms. The first kappa shape index (κ1) is 14.0. The molecule has 1 aromatic rings. The van der Waals surface area contributed by atoms with E-state index >= 15 is 0 Å². The van der Waals surface area contributed by atoms with Crippen molar-refractivity contribution in [3.8, 4) is 0 Å². The molecule has 0 aromatic heterocycles. The van der Waals surface area contributed by atoms with Crippen molar-refractivity contribution >= 4 is 5.91 Å². The van der Waals surface area contributed by atoms with Crippen LogP contribution < -0.4 is 5.73 Å². The standard InChI is InChI=1S/C15H21FN2O/c1-11-8-13(9-17)10-18(11)15(19)7-4-12-2-5-14(16)6-3-12/h2-3,5-6,11,13H,4,7-10,17H2,1H3. The quantitative estimate of drug-likeness (QED) is 0.903. The summed E-state index contributed by atoms with van der Waals surface area (Å²) in [5, 5.41) is 0. The molecule has 1 amide bonds. The zero-order valence-electron chi connectivity index (χ0n) is 11.3. The molecule has 1 aliphatic heterocycles. The Balaban J connectivity index is 1.86. The molecule has 1 heterocycles. The number of benzene rings is 1. The van der Waals surface area contributed by atoms with Gasteiger partial charge >= 0.3 is 0 Å². The van der Waals surface area contributed by atoms with E-state index in [1.165, 1.54) is 12.1 Å². The second-order valence-electron chi connectivity index (χ2n) is 5.36. The Morgan fingerprint density at radius 2 is 2.11 bits per heavy atom. The largest absolute Gasteiger partial charge is 0.340 e. The fourth-order valence-corrected chi connectivity index (χ4v) is 2.71. The SMILES string of the molecule is CC1CC(CN)CN1C(=O)CCc1ccc(F)cc1. The summed E-state index contributed by atoms with van der Waals surface area (Å²) >= 11 is 0. The van der Waals surface area contributed by atoms with E-state index in [0.29, 0.717) is 25.3 Å². The van der Waals surface area contributed by atoms with Crippen LogP contribution in [0.25, 0.3) is 0 Å². The molecule has 1 aliphatic rings. The first-order valence-corrected chi connectivity index (χ1v) is 6.84. The van der Waals surface area contributed by atoms with E-state index in [-0.39, 0.29) is 17.8 Å². The van der Waals surface area contributed by atoms with Crippen molar-refractivity contribution in [2.24, 2.45) is 11.7 Å². The highest BCUT2D eigenvalue weighted by atomic mass is 19.1. The number of halogens is 1. The highest BCUT2D eigenvalue weighted by Gasteiger charge is 2.30. The summed E-state index contributed by atoms with van der Waals surface area (Å²) in [5.74, 6) is 0.367. The van der Waals surface area contributed by atoms with Crippen molar-refractivity contribution in [1.82, 2.24) is 4.90 Å². The molecule has 4 heteroatoms. The van der Waals surface area contributed by atoms with Crippen molar-refractivity contribution in [3.05, 3.63) is 35.6 Å². The maximum Gasteiger partial charge on any atom is 0.223 e. The molecule has 0 bridgehead atoms. The van der Waals surface area contributed by atoms with Crippen LogP contribution in [-0.2, 0) is 11.2 Å². The maximum absolute atomic E-state index is 12.8. The summed E-state index contributed by atoms with van der Waals surface area (Å²) in [5.41, 5.74) is 6.66. The summed E-state index contributed by atoms with van der Waals surface area (Å²) in [6, 6.07) is 6.62. The van der Waals surface area contributed by atoms with Crippen LogP contribution in [0.4, 0.5) is 4.39 Å². The number of carbonyl (C=O) groups excluding carboxylic acids is 1. The number of aryl methyl sites for hydroxylation is 1. The molecule has 1 fully saturated rings. The third-order valence-electron chi connectivity index (χ3n) is 3.86. The number of likely N-dealkylation sites (tertiary alicyclic amines) is 1. The fraction of sp³-hybridized carbons (Fsp3) is 0.533. The van der Waals surface area contributed by atoms with Gasteiger partial charge in [0.05, 0.1) is 0 Å². The van der Waals surface area contributed by atoms with Crippen molar-refractivity contribution in [2.45, 2.75) is 32.2 Å². The normalized spacial score (nSPS) is 22.8. The molecule has 1 saturated heterocycles. The van der Waals surface area contributed by atoms with Crippen molar-refractivity contribution in [1.29, 1.82) is 0 Å².